The Morgan fingerprint density at radius 3 is 2.95 bits per heavy atom. The van der Waals surface area contributed by atoms with Gasteiger partial charge < -0.3 is 11.1 Å². The average molecular weight is 293 g/mol. The summed E-state index contributed by atoms with van der Waals surface area (Å²) in [6.07, 6.45) is 2.07. The Morgan fingerprint density at radius 1 is 1.23 bits per heavy atom. The molecule has 3 nitrogen and oxygen atoms in total. The fourth-order valence-electron chi connectivity index (χ4n) is 4.03. The van der Waals surface area contributed by atoms with E-state index in [1.165, 1.54) is 27.9 Å². The van der Waals surface area contributed by atoms with Crippen LogP contribution in [-0.2, 0) is 12.0 Å². The third-order valence-corrected chi connectivity index (χ3v) is 5.12. The molecule has 4 rings (SSSR count). The average Bonchev–Trinajstić information content (AvgIpc) is 2.78. The van der Waals surface area contributed by atoms with E-state index in [9.17, 15) is 0 Å². The van der Waals surface area contributed by atoms with Gasteiger partial charge in [0.05, 0.1) is 5.54 Å². The van der Waals surface area contributed by atoms with E-state index >= 15 is 0 Å². The van der Waals surface area contributed by atoms with Gasteiger partial charge in [-0.1, -0.05) is 30.3 Å². The lowest BCUT2D eigenvalue weighted by atomic mass is 9.82. The monoisotopic (exact) mass is 293 g/mol. The fourth-order valence-corrected chi connectivity index (χ4v) is 4.03. The second kappa shape index (κ2) is 5.11. The van der Waals surface area contributed by atoms with Crippen molar-refractivity contribution in [3.8, 4) is 0 Å². The molecule has 0 saturated carbocycles. The third kappa shape index (κ3) is 1.97. The van der Waals surface area contributed by atoms with Crippen LogP contribution in [0.25, 0.3) is 0 Å². The van der Waals surface area contributed by atoms with Crippen molar-refractivity contribution in [2.24, 2.45) is 5.73 Å². The number of hydrogen-bond donors (Lipinski definition) is 3. The van der Waals surface area contributed by atoms with Crippen LogP contribution in [0.3, 0.4) is 0 Å². The Balaban J connectivity index is 1.75. The van der Waals surface area contributed by atoms with Crippen LogP contribution in [0.4, 0.5) is 5.69 Å². The minimum atomic E-state index is -0.0690. The van der Waals surface area contributed by atoms with Crippen molar-refractivity contribution in [2.75, 3.05) is 18.4 Å². The van der Waals surface area contributed by atoms with Crippen LogP contribution < -0.4 is 16.4 Å². The topological polar surface area (TPSA) is 50.1 Å². The molecule has 4 N–H and O–H groups in total. The highest BCUT2D eigenvalue weighted by Crippen LogP contribution is 2.48. The number of anilines is 1. The van der Waals surface area contributed by atoms with E-state index in [2.05, 4.69) is 60.0 Å². The predicted octanol–water partition coefficient (Wildman–Crippen LogP) is 2.91. The zero-order valence-electron chi connectivity index (χ0n) is 13.0. The number of rotatable bonds is 4. The molecular weight excluding hydrogens is 270 g/mol. The molecular formula is C19H23N3. The van der Waals surface area contributed by atoms with Crippen LogP contribution in [0, 0.1) is 0 Å². The summed E-state index contributed by atoms with van der Waals surface area (Å²) in [4.78, 5) is 0. The van der Waals surface area contributed by atoms with Gasteiger partial charge in [0.2, 0.25) is 0 Å². The first-order chi connectivity index (χ1) is 10.7. The van der Waals surface area contributed by atoms with E-state index in [4.69, 9.17) is 5.73 Å². The van der Waals surface area contributed by atoms with Gasteiger partial charge in [-0.25, -0.2) is 0 Å². The number of fused-ring (bicyclic) bond motifs is 7. The van der Waals surface area contributed by atoms with Crippen LogP contribution >= 0.6 is 0 Å². The normalized spacial score (nSPS) is 24.7. The van der Waals surface area contributed by atoms with Gasteiger partial charge in [-0.2, -0.15) is 0 Å². The maximum atomic E-state index is 5.58. The first-order valence-corrected chi connectivity index (χ1v) is 8.17. The molecule has 3 heteroatoms. The molecule has 2 aliphatic heterocycles. The van der Waals surface area contributed by atoms with E-state index in [0.29, 0.717) is 6.04 Å². The van der Waals surface area contributed by atoms with E-state index < -0.39 is 0 Å². The van der Waals surface area contributed by atoms with Crippen molar-refractivity contribution in [1.82, 2.24) is 5.32 Å². The van der Waals surface area contributed by atoms with E-state index in [1.54, 1.807) is 0 Å². The molecule has 0 unspecified atom stereocenters. The minimum absolute atomic E-state index is 0.0690. The molecule has 114 valence electrons. The number of nitrogens with one attached hydrogen (secondary N) is 2. The maximum absolute atomic E-state index is 5.58. The molecule has 2 atom stereocenters. The van der Waals surface area contributed by atoms with E-state index in [1.807, 2.05) is 0 Å². The van der Waals surface area contributed by atoms with Gasteiger partial charge in [-0.15, -0.1) is 0 Å². The lowest BCUT2D eigenvalue weighted by Gasteiger charge is -2.35. The summed E-state index contributed by atoms with van der Waals surface area (Å²) in [6.45, 7) is 3.97. The van der Waals surface area contributed by atoms with Crippen molar-refractivity contribution < 1.29 is 0 Å². The quantitative estimate of drug-likeness (QED) is 0.760. The summed E-state index contributed by atoms with van der Waals surface area (Å²) in [5.74, 6) is 0. The zero-order valence-corrected chi connectivity index (χ0v) is 13.0. The third-order valence-electron chi connectivity index (χ3n) is 5.12. The van der Waals surface area contributed by atoms with Crippen LogP contribution in [-0.4, -0.2) is 13.1 Å². The number of benzene rings is 2. The maximum Gasteiger partial charge on any atom is 0.0673 e. The molecule has 2 bridgehead atoms. The van der Waals surface area contributed by atoms with Crippen molar-refractivity contribution in [1.29, 1.82) is 0 Å². The van der Waals surface area contributed by atoms with Gasteiger partial charge in [0, 0.05) is 18.3 Å². The van der Waals surface area contributed by atoms with Crippen molar-refractivity contribution in [3.63, 3.8) is 0 Å². The second-order valence-electron chi connectivity index (χ2n) is 6.55. The summed E-state index contributed by atoms with van der Waals surface area (Å²) in [6, 6.07) is 16.1. The molecule has 2 aliphatic rings. The molecule has 0 saturated heterocycles. The van der Waals surface area contributed by atoms with Crippen LogP contribution in [0.5, 0.6) is 0 Å². The standard InChI is InChI=1S/C19H23N3/c1-19-16-6-3-2-5-15(16)18(22-19)11-13-7-8-14(12-17(13)19)21-10-4-9-20/h2-3,5-8,12,18,21-22H,4,9-11,20H2,1H3/t18-,19-/m1/s1. The second-order valence-corrected chi connectivity index (χ2v) is 6.55. The lowest BCUT2D eigenvalue weighted by molar-refractivity contribution is 0.389. The minimum Gasteiger partial charge on any atom is -0.385 e. The summed E-state index contributed by atoms with van der Waals surface area (Å²) >= 11 is 0. The first kappa shape index (κ1) is 13.8. The summed E-state index contributed by atoms with van der Waals surface area (Å²) in [5.41, 5.74) is 12.5. The van der Waals surface area contributed by atoms with Gasteiger partial charge in [0.15, 0.2) is 0 Å². The Hall–Kier alpha value is -1.84. The summed E-state index contributed by atoms with van der Waals surface area (Å²) in [5, 5.41) is 7.32. The number of nitrogens with two attached hydrogens (primary N) is 1. The number of hydrogen-bond acceptors (Lipinski definition) is 3. The Bertz CT molecular complexity index is 710. The highest BCUT2D eigenvalue weighted by atomic mass is 15.1. The smallest absolute Gasteiger partial charge is 0.0673 e. The molecule has 2 aromatic carbocycles. The highest BCUT2D eigenvalue weighted by Gasteiger charge is 2.45. The fraction of sp³-hybridized carbons (Fsp3) is 0.368. The van der Waals surface area contributed by atoms with Crippen molar-refractivity contribution in [2.45, 2.75) is 31.3 Å². The molecule has 0 aliphatic carbocycles. The molecule has 0 aromatic heterocycles. The summed E-state index contributed by atoms with van der Waals surface area (Å²) < 4.78 is 0. The molecule has 2 aromatic rings. The zero-order chi connectivity index (χ0) is 15.2. The van der Waals surface area contributed by atoms with Crippen LogP contribution in [0.15, 0.2) is 42.5 Å². The highest BCUT2D eigenvalue weighted by molar-refractivity contribution is 5.59. The molecule has 2 heterocycles. The molecule has 0 spiro atoms. The predicted molar refractivity (Wildman–Crippen MR) is 91.1 cm³/mol. The van der Waals surface area contributed by atoms with Crippen molar-refractivity contribution >= 4 is 5.69 Å². The van der Waals surface area contributed by atoms with Gasteiger partial charge in [0.1, 0.15) is 0 Å². The lowest BCUT2D eigenvalue weighted by Crippen LogP contribution is -2.41. The van der Waals surface area contributed by atoms with Crippen molar-refractivity contribution in [3.05, 3.63) is 64.7 Å². The first-order valence-electron chi connectivity index (χ1n) is 8.17. The molecule has 0 amide bonds. The van der Waals surface area contributed by atoms with Crippen LogP contribution in [0.2, 0.25) is 0 Å². The molecule has 0 fully saturated rings. The Labute approximate surface area is 131 Å². The van der Waals surface area contributed by atoms with Gasteiger partial charge in [-0.05, 0) is 60.7 Å². The van der Waals surface area contributed by atoms with E-state index in [-0.39, 0.29) is 5.54 Å². The summed E-state index contributed by atoms with van der Waals surface area (Å²) in [7, 11) is 0. The van der Waals surface area contributed by atoms with E-state index in [0.717, 1.165) is 25.9 Å². The van der Waals surface area contributed by atoms with Crippen LogP contribution in [0.1, 0.15) is 41.6 Å². The Kier molecular flexibility index (Phi) is 3.21. The molecule has 0 radical (unpaired) electrons. The largest absolute Gasteiger partial charge is 0.385 e. The molecule has 22 heavy (non-hydrogen) atoms. The van der Waals surface area contributed by atoms with Gasteiger partial charge in [-0.3, -0.25) is 5.32 Å². The van der Waals surface area contributed by atoms with Gasteiger partial charge in [0.25, 0.3) is 0 Å². The SMILES string of the molecule is C[C@]12N[C@H](Cc3ccc(NCCCN)cc31)c1ccccc12. The Morgan fingerprint density at radius 2 is 2.09 bits per heavy atom. The van der Waals surface area contributed by atoms with Gasteiger partial charge >= 0.3 is 0 Å².